The van der Waals surface area contributed by atoms with Gasteiger partial charge in [-0.1, -0.05) is 6.92 Å². The van der Waals surface area contributed by atoms with Gasteiger partial charge in [-0.25, -0.2) is 0 Å². The monoisotopic (exact) mass is 246 g/mol. The van der Waals surface area contributed by atoms with E-state index in [9.17, 15) is 0 Å². The lowest BCUT2D eigenvalue weighted by molar-refractivity contribution is 0.626. The van der Waals surface area contributed by atoms with Gasteiger partial charge in [-0.05, 0) is 31.5 Å². The van der Waals surface area contributed by atoms with E-state index < -0.39 is 0 Å². The van der Waals surface area contributed by atoms with E-state index in [1.807, 2.05) is 18.7 Å². The Morgan fingerprint density at radius 1 is 1.39 bits per heavy atom. The third kappa shape index (κ3) is 2.82. The fourth-order valence-corrected chi connectivity index (χ4v) is 2.19. The summed E-state index contributed by atoms with van der Waals surface area (Å²) < 4.78 is 4.22. The van der Waals surface area contributed by atoms with E-state index in [0.717, 1.165) is 25.1 Å². The molecule has 2 aromatic rings. The van der Waals surface area contributed by atoms with Crippen molar-refractivity contribution >= 4 is 0 Å². The second-order valence-corrected chi connectivity index (χ2v) is 4.91. The molecule has 0 radical (unpaired) electrons. The van der Waals surface area contributed by atoms with Crippen molar-refractivity contribution < 1.29 is 0 Å². The highest BCUT2D eigenvalue weighted by Gasteiger charge is 2.08. The van der Waals surface area contributed by atoms with Crippen LogP contribution in [-0.2, 0) is 26.4 Å². The van der Waals surface area contributed by atoms with Gasteiger partial charge in [-0.2, -0.15) is 5.10 Å². The van der Waals surface area contributed by atoms with Crippen LogP contribution in [-0.4, -0.2) is 20.4 Å². The van der Waals surface area contributed by atoms with E-state index >= 15 is 0 Å². The van der Waals surface area contributed by atoms with Crippen molar-refractivity contribution in [2.45, 2.75) is 39.3 Å². The van der Waals surface area contributed by atoms with Gasteiger partial charge in [0.1, 0.15) is 0 Å². The number of hydrogen-bond acceptors (Lipinski definition) is 2. The van der Waals surface area contributed by atoms with E-state index in [4.69, 9.17) is 5.73 Å². The first-order valence-corrected chi connectivity index (χ1v) is 6.51. The maximum atomic E-state index is 5.87. The molecule has 0 aliphatic rings. The minimum absolute atomic E-state index is 0.191. The lowest BCUT2D eigenvalue weighted by Gasteiger charge is -2.11. The molecule has 18 heavy (non-hydrogen) atoms. The Morgan fingerprint density at radius 3 is 2.78 bits per heavy atom. The largest absolute Gasteiger partial charge is 0.345 e. The SMILES string of the molecule is CCc1cc(Cn2cccc2CC(C)N)n(C)n1. The van der Waals surface area contributed by atoms with E-state index in [2.05, 4.69) is 41.0 Å². The predicted octanol–water partition coefficient (Wildman–Crippen LogP) is 1.72. The zero-order valence-electron chi connectivity index (χ0n) is 11.4. The first-order chi connectivity index (χ1) is 8.60. The van der Waals surface area contributed by atoms with Gasteiger partial charge in [-0.3, -0.25) is 4.68 Å². The van der Waals surface area contributed by atoms with Crippen LogP contribution in [0.25, 0.3) is 0 Å². The summed E-state index contributed by atoms with van der Waals surface area (Å²) in [6, 6.07) is 6.58. The van der Waals surface area contributed by atoms with E-state index in [1.165, 1.54) is 11.4 Å². The fraction of sp³-hybridized carbons (Fsp3) is 0.500. The average molecular weight is 246 g/mol. The van der Waals surface area contributed by atoms with Crippen molar-refractivity contribution in [1.82, 2.24) is 14.3 Å². The summed E-state index contributed by atoms with van der Waals surface area (Å²) >= 11 is 0. The van der Waals surface area contributed by atoms with Gasteiger partial charge in [0.15, 0.2) is 0 Å². The van der Waals surface area contributed by atoms with Crippen LogP contribution in [0.2, 0.25) is 0 Å². The van der Waals surface area contributed by atoms with Crippen LogP contribution in [0.1, 0.15) is 30.9 Å². The highest BCUT2D eigenvalue weighted by atomic mass is 15.3. The van der Waals surface area contributed by atoms with Gasteiger partial charge in [0.2, 0.25) is 0 Å². The standard InChI is InChI=1S/C14H22N4/c1-4-12-9-14(17(3)16-12)10-18-7-5-6-13(18)8-11(2)15/h5-7,9,11H,4,8,10,15H2,1-3H3. The molecule has 1 atom stereocenters. The summed E-state index contributed by atoms with van der Waals surface area (Å²) in [7, 11) is 2.00. The first kappa shape index (κ1) is 12.9. The van der Waals surface area contributed by atoms with Gasteiger partial charge in [0.25, 0.3) is 0 Å². The van der Waals surface area contributed by atoms with Crippen molar-refractivity contribution in [2.24, 2.45) is 12.8 Å². The smallest absolute Gasteiger partial charge is 0.0642 e. The molecular formula is C14H22N4. The van der Waals surface area contributed by atoms with Gasteiger partial charge >= 0.3 is 0 Å². The van der Waals surface area contributed by atoms with Crippen molar-refractivity contribution in [1.29, 1.82) is 0 Å². The molecule has 4 nitrogen and oxygen atoms in total. The zero-order valence-corrected chi connectivity index (χ0v) is 11.4. The number of rotatable bonds is 5. The first-order valence-electron chi connectivity index (χ1n) is 6.51. The van der Waals surface area contributed by atoms with Gasteiger partial charge in [0, 0.05) is 31.4 Å². The molecule has 0 aliphatic carbocycles. The van der Waals surface area contributed by atoms with Crippen LogP contribution in [0.3, 0.4) is 0 Å². The third-order valence-electron chi connectivity index (χ3n) is 3.18. The summed E-state index contributed by atoms with van der Waals surface area (Å²) in [6.07, 6.45) is 3.99. The second kappa shape index (κ2) is 5.40. The summed E-state index contributed by atoms with van der Waals surface area (Å²) in [4.78, 5) is 0. The molecule has 2 heterocycles. The minimum atomic E-state index is 0.191. The van der Waals surface area contributed by atoms with Crippen molar-refractivity contribution in [2.75, 3.05) is 0 Å². The Bertz CT molecular complexity index is 508. The molecule has 0 saturated heterocycles. The molecule has 4 heteroatoms. The molecular weight excluding hydrogens is 224 g/mol. The van der Waals surface area contributed by atoms with Gasteiger partial charge in [-0.15, -0.1) is 0 Å². The molecule has 0 spiro atoms. The summed E-state index contributed by atoms with van der Waals surface area (Å²) in [5, 5.41) is 4.48. The van der Waals surface area contributed by atoms with Gasteiger partial charge in [0.05, 0.1) is 17.9 Å². The molecule has 0 aromatic carbocycles. The van der Waals surface area contributed by atoms with Gasteiger partial charge < -0.3 is 10.3 Å². The lowest BCUT2D eigenvalue weighted by atomic mass is 10.2. The number of aryl methyl sites for hydroxylation is 2. The van der Waals surface area contributed by atoms with Crippen LogP contribution in [0.5, 0.6) is 0 Å². The van der Waals surface area contributed by atoms with Crippen LogP contribution < -0.4 is 5.73 Å². The number of hydrogen-bond donors (Lipinski definition) is 1. The normalized spacial score (nSPS) is 12.9. The zero-order chi connectivity index (χ0) is 13.1. The molecule has 0 amide bonds. The molecule has 2 rings (SSSR count). The summed E-state index contributed by atoms with van der Waals surface area (Å²) in [6.45, 7) is 5.03. The maximum absolute atomic E-state index is 5.87. The summed E-state index contributed by atoms with van der Waals surface area (Å²) in [5.74, 6) is 0. The minimum Gasteiger partial charge on any atom is -0.345 e. The fourth-order valence-electron chi connectivity index (χ4n) is 2.19. The Labute approximate surface area is 108 Å². The van der Waals surface area contributed by atoms with Crippen molar-refractivity contribution in [3.8, 4) is 0 Å². The highest BCUT2D eigenvalue weighted by molar-refractivity contribution is 5.15. The summed E-state index contributed by atoms with van der Waals surface area (Å²) in [5.41, 5.74) is 9.53. The van der Waals surface area contributed by atoms with Crippen LogP contribution in [0.15, 0.2) is 24.4 Å². The maximum Gasteiger partial charge on any atom is 0.0642 e. The van der Waals surface area contributed by atoms with E-state index in [0.29, 0.717) is 0 Å². The van der Waals surface area contributed by atoms with E-state index in [-0.39, 0.29) is 6.04 Å². The Morgan fingerprint density at radius 2 is 2.17 bits per heavy atom. The quantitative estimate of drug-likeness (QED) is 0.873. The van der Waals surface area contributed by atoms with E-state index in [1.54, 1.807) is 0 Å². The predicted molar refractivity (Wildman–Crippen MR) is 73.5 cm³/mol. The average Bonchev–Trinajstić information content (AvgIpc) is 2.87. The third-order valence-corrected chi connectivity index (χ3v) is 3.18. The molecule has 1 unspecified atom stereocenters. The Balaban J connectivity index is 2.18. The molecule has 0 saturated carbocycles. The molecule has 2 N–H and O–H groups in total. The number of aromatic nitrogens is 3. The molecule has 0 bridgehead atoms. The lowest BCUT2D eigenvalue weighted by Crippen LogP contribution is -2.20. The topological polar surface area (TPSA) is 48.8 Å². The van der Waals surface area contributed by atoms with Crippen LogP contribution >= 0.6 is 0 Å². The number of nitrogens with zero attached hydrogens (tertiary/aromatic N) is 3. The Kier molecular flexibility index (Phi) is 3.87. The molecule has 98 valence electrons. The van der Waals surface area contributed by atoms with Crippen molar-refractivity contribution in [3.05, 3.63) is 41.5 Å². The molecule has 0 fully saturated rings. The van der Waals surface area contributed by atoms with Crippen LogP contribution in [0, 0.1) is 0 Å². The number of nitrogens with two attached hydrogens (primary N) is 1. The molecule has 0 aliphatic heterocycles. The highest BCUT2D eigenvalue weighted by Crippen LogP contribution is 2.11. The second-order valence-electron chi connectivity index (χ2n) is 4.91. The van der Waals surface area contributed by atoms with Crippen molar-refractivity contribution in [3.63, 3.8) is 0 Å². The molecule has 2 aromatic heterocycles. The Hall–Kier alpha value is -1.55. The van der Waals surface area contributed by atoms with Crippen LogP contribution in [0.4, 0.5) is 0 Å².